The lowest BCUT2D eigenvalue weighted by molar-refractivity contribution is -0.111. The average molecular weight is 284 g/mol. The van der Waals surface area contributed by atoms with E-state index in [0.717, 1.165) is 32.2 Å². The lowest BCUT2D eigenvalue weighted by Gasteiger charge is -2.06. The van der Waals surface area contributed by atoms with Crippen LogP contribution in [0.3, 0.4) is 0 Å². The third kappa shape index (κ3) is 13.6. The van der Waals surface area contributed by atoms with E-state index < -0.39 is 0 Å². The molecule has 0 unspecified atom stereocenters. The van der Waals surface area contributed by atoms with Crippen LogP contribution in [0.1, 0.15) is 78.1 Å². The van der Waals surface area contributed by atoms with Gasteiger partial charge in [-0.15, -0.1) is 0 Å². The summed E-state index contributed by atoms with van der Waals surface area (Å²) in [4.78, 5) is 10.7. The van der Waals surface area contributed by atoms with E-state index in [0.29, 0.717) is 5.76 Å². The molecule has 0 fully saturated rings. The number of aldehydes is 1. The van der Waals surface area contributed by atoms with E-state index in [1.807, 2.05) is 6.08 Å². The summed E-state index contributed by atoms with van der Waals surface area (Å²) >= 11 is 0. The molecule has 0 amide bonds. The fourth-order valence-electron chi connectivity index (χ4n) is 1.93. The van der Waals surface area contributed by atoms with Gasteiger partial charge >= 0.3 is 0 Å². The SMILES string of the molecule is CCC/C=C(\C=O)OCOCCCCCCCCCC. The van der Waals surface area contributed by atoms with E-state index in [2.05, 4.69) is 13.8 Å². The maximum atomic E-state index is 10.7. The molecular weight excluding hydrogens is 252 g/mol. The number of carbonyl (C=O) groups excluding carboxylic acids is 1. The minimum Gasteiger partial charge on any atom is -0.464 e. The molecule has 0 heterocycles. The number of carbonyl (C=O) groups is 1. The lowest BCUT2D eigenvalue weighted by Crippen LogP contribution is -2.02. The molecule has 3 heteroatoms. The summed E-state index contributed by atoms with van der Waals surface area (Å²) in [7, 11) is 0. The fourth-order valence-corrected chi connectivity index (χ4v) is 1.93. The van der Waals surface area contributed by atoms with Gasteiger partial charge in [0.2, 0.25) is 0 Å². The molecule has 0 saturated heterocycles. The molecule has 0 N–H and O–H groups in total. The van der Waals surface area contributed by atoms with Gasteiger partial charge in [-0.05, 0) is 18.9 Å². The summed E-state index contributed by atoms with van der Waals surface area (Å²) in [6, 6.07) is 0. The first kappa shape index (κ1) is 19.2. The number of unbranched alkanes of at least 4 members (excludes halogenated alkanes) is 8. The smallest absolute Gasteiger partial charge is 0.189 e. The van der Waals surface area contributed by atoms with Gasteiger partial charge in [0.25, 0.3) is 0 Å². The van der Waals surface area contributed by atoms with Crippen molar-refractivity contribution in [3.8, 4) is 0 Å². The molecule has 0 aliphatic carbocycles. The Hall–Kier alpha value is -0.830. The molecule has 0 spiro atoms. The molecule has 0 aliphatic heterocycles. The molecule has 0 aromatic heterocycles. The predicted molar refractivity (Wildman–Crippen MR) is 83.6 cm³/mol. The molecule has 0 radical (unpaired) electrons. The number of ether oxygens (including phenoxy) is 2. The zero-order valence-corrected chi connectivity index (χ0v) is 13.4. The van der Waals surface area contributed by atoms with Gasteiger partial charge in [-0.1, -0.05) is 65.2 Å². The molecule has 20 heavy (non-hydrogen) atoms. The van der Waals surface area contributed by atoms with Gasteiger partial charge in [0.15, 0.2) is 18.8 Å². The van der Waals surface area contributed by atoms with Crippen molar-refractivity contribution in [3.05, 3.63) is 11.8 Å². The van der Waals surface area contributed by atoms with Gasteiger partial charge in [-0.2, -0.15) is 0 Å². The summed E-state index contributed by atoms with van der Waals surface area (Å²) < 4.78 is 10.6. The van der Waals surface area contributed by atoms with Crippen LogP contribution in [-0.2, 0) is 14.3 Å². The largest absolute Gasteiger partial charge is 0.464 e. The predicted octanol–water partition coefficient (Wildman–Crippen LogP) is 5.00. The van der Waals surface area contributed by atoms with Gasteiger partial charge in [-0.3, -0.25) is 4.79 Å². The first-order valence-corrected chi connectivity index (χ1v) is 8.21. The molecule has 0 saturated carbocycles. The standard InChI is InChI=1S/C17H32O3/c1-3-5-7-8-9-10-11-12-14-19-16-20-17(15-18)13-6-4-2/h13,15H,3-12,14,16H2,1-2H3/b17-13+. The molecule has 0 atom stereocenters. The number of hydrogen-bond acceptors (Lipinski definition) is 3. The quantitative estimate of drug-likeness (QED) is 0.139. The van der Waals surface area contributed by atoms with Crippen LogP contribution in [0, 0.1) is 0 Å². The van der Waals surface area contributed by atoms with Crippen molar-refractivity contribution in [2.24, 2.45) is 0 Å². The van der Waals surface area contributed by atoms with E-state index in [4.69, 9.17) is 9.47 Å². The van der Waals surface area contributed by atoms with E-state index in [-0.39, 0.29) is 6.79 Å². The zero-order chi connectivity index (χ0) is 14.9. The Morgan fingerprint density at radius 1 is 0.900 bits per heavy atom. The molecule has 0 bridgehead atoms. The Morgan fingerprint density at radius 2 is 1.55 bits per heavy atom. The van der Waals surface area contributed by atoms with Crippen molar-refractivity contribution in [2.75, 3.05) is 13.4 Å². The maximum Gasteiger partial charge on any atom is 0.189 e. The van der Waals surface area contributed by atoms with Crippen LogP contribution in [-0.4, -0.2) is 19.7 Å². The van der Waals surface area contributed by atoms with Gasteiger partial charge in [0.1, 0.15) is 0 Å². The van der Waals surface area contributed by atoms with Crippen molar-refractivity contribution >= 4 is 6.29 Å². The topological polar surface area (TPSA) is 35.5 Å². The van der Waals surface area contributed by atoms with Crippen LogP contribution in [0.5, 0.6) is 0 Å². The molecule has 0 aliphatic rings. The van der Waals surface area contributed by atoms with Crippen molar-refractivity contribution in [2.45, 2.75) is 78.1 Å². The second-order valence-corrected chi connectivity index (χ2v) is 5.16. The van der Waals surface area contributed by atoms with E-state index in [9.17, 15) is 4.79 Å². The molecule has 0 rings (SSSR count). The summed E-state index contributed by atoms with van der Waals surface area (Å²) in [6.45, 7) is 5.21. The van der Waals surface area contributed by atoms with Gasteiger partial charge < -0.3 is 9.47 Å². The monoisotopic (exact) mass is 284 g/mol. The Bertz CT molecular complexity index is 236. The molecule has 118 valence electrons. The third-order valence-electron chi connectivity index (χ3n) is 3.20. The minimum absolute atomic E-state index is 0.185. The van der Waals surface area contributed by atoms with E-state index in [1.165, 1.54) is 44.9 Å². The van der Waals surface area contributed by atoms with Crippen LogP contribution in [0.2, 0.25) is 0 Å². The van der Waals surface area contributed by atoms with Crippen LogP contribution >= 0.6 is 0 Å². The maximum absolute atomic E-state index is 10.7. The second-order valence-electron chi connectivity index (χ2n) is 5.16. The molecule has 3 nitrogen and oxygen atoms in total. The highest BCUT2D eigenvalue weighted by Gasteiger charge is 1.96. The first-order valence-electron chi connectivity index (χ1n) is 8.21. The van der Waals surface area contributed by atoms with Gasteiger partial charge in [-0.25, -0.2) is 0 Å². The number of hydrogen-bond donors (Lipinski definition) is 0. The normalized spacial score (nSPS) is 11.6. The summed E-state index contributed by atoms with van der Waals surface area (Å²) in [5, 5.41) is 0. The van der Waals surface area contributed by atoms with Crippen LogP contribution in [0.25, 0.3) is 0 Å². The highest BCUT2D eigenvalue weighted by Crippen LogP contribution is 2.08. The Balaban J connectivity index is 3.25. The van der Waals surface area contributed by atoms with Gasteiger partial charge in [0, 0.05) is 0 Å². The van der Waals surface area contributed by atoms with Crippen LogP contribution < -0.4 is 0 Å². The van der Waals surface area contributed by atoms with Crippen molar-refractivity contribution in [1.82, 2.24) is 0 Å². The second kappa shape index (κ2) is 16.2. The van der Waals surface area contributed by atoms with E-state index in [1.54, 1.807) is 0 Å². The Labute approximate surface area is 124 Å². The van der Waals surface area contributed by atoms with Crippen molar-refractivity contribution < 1.29 is 14.3 Å². The Kier molecular flexibility index (Phi) is 15.6. The molecule has 0 aromatic carbocycles. The minimum atomic E-state index is 0.185. The summed E-state index contributed by atoms with van der Waals surface area (Å²) in [5.74, 6) is 0.391. The summed E-state index contributed by atoms with van der Waals surface area (Å²) in [5.41, 5.74) is 0. The van der Waals surface area contributed by atoms with E-state index >= 15 is 0 Å². The van der Waals surface area contributed by atoms with Crippen LogP contribution in [0.15, 0.2) is 11.8 Å². The molecule has 0 aromatic rings. The Morgan fingerprint density at radius 3 is 2.15 bits per heavy atom. The number of rotatable bonds is 15. The lowest BCUT2D eigenvalue weighted by atomic mass is 10.1. The van der Waals surface area contributed by atoms with Crippen molar-refractivity contribution in [1.29, 1.82) is 0 Å². The average Bonchev–Trinajstić information content (AvgIpc) is 2.48. The number of allylic oxidation sites excluding steroid dienone is 2. The third-order valence-corrected chi connectivity index (χ3v) is 3.20. The zero-order valence-electron chi connectivity index (χ0n) is 13.4. The fraction of sp³-hybridized carbons (Fsp3) is 0.824. The molecular formula is C17H32O3. The highest BCUT2D eigenvalue weighted by atomic mass is 16.7. The first-order chi connectivity index (χ1) is 9.85. The van der Waals surface area contributed by atoms with Gasteiger partial charge in [0.05, 0.1) is 6.61 Å². The van der Waals surface area contributed by atoms with Crippen LogP contribution in [0.4, 0.5) is 0 Å². The summed E-state index contributed by atoms with van der Waals surface area (Å²) in [6.07, 6.45) is 14.8. The van der Waals surface area contributed by atoms with Crippen molar-refractivity contribution in [3.63, 3.8) is 0 Å². The highest BCUT2D eigenvalue weighted by molar-refractivity contribution is 5.69.